The molecule has 1 fully saturated rings. The van der Waals surface area contributed by atoms with Crippen molar-refractivity contribution in [3.05, 3.63) is 26.9 Å². The molecule has 2 atom stereocenters. The summed E-state index contributed by atoms with van der Waals surface area (Å²) in [5.74, 6) is 1.30. The lowest BCUT2D eigenvalue weighted by atomic mass is 9.82. The van der Waals surface area contributed by atoms with Crippen LogP contribution in [-0.2, 0) is 0 Å². The number of ether oxygens (including phenoxy) is 1. The van der Waals surface area contributed by atoms with Crippen LogP contribution in [0, 0.1) is 22.0 Å². The van der Waals surface area contributed by atoms with Gasteiger partial charge in [0.1, 0.15) is 6.10 Å². The van der Waals surface area contributed by atoms with Gasteiger partial charge in [0, 0.05) is 16.7 Å². The van der Waals surface area contributed by atoms with Crippen molar-refractivity contribution in [2.75, 3.05) is 0 Å². The minimum Gasteiger partial charge on any atom is -0.469 e. The van der Waals surface area contributed by atoms with E-state index in [0.29, 0.717) is 16.3 Å². The van der Waals surface area contributed by atoms with Crippen LogP contribution in [0.15, 0.2) is 16.7 Å². The molecule has 2 unspecified atom stereocenters. The first kappa shape index (κ1) is 14.2. The Hall–Kier alpha value is -1.17. The van der Waals surface area contributed by atoms with Crippen LogP contribution >= 0.6 is 15.9 Å². The molecule has 0 amide bonds. The van der Waals surface area contributed by atoms with Gasteiger partial charge in [-0.05, 0) is 47.0 Å². The van der Waals surface area contributed by atoms with E-state index in [4.69, 9.17) is 4.74 Å². The van der Waals surface area contributed by atoms with Gasteiger partial charge in [-0.2, -0.15) is 0 Å². The van der Waals surface area contributed by atoms with Gasteiger partial charge < -0.3 is 4.74 Å². The van der Waals surface area contributed by atoms with Crippen molar-refractivity contribution in [3.63, 3.8) is 0 Å². The summed E-state index contributed by atoms with van der Waals surface area (Å²) in [6, 6.07) is 1.43. The minimum atomic E-state index is -0.456. The monoisotopic (exact) mass is 328 g/mol. The fraction of sp³-hybridized carbons (Fsp3) is 0.615. The van der Waals surface area contributed by atoms with E-state index in [-0.39, 0.29) is 17.7 Å². The molecule has 0 spiro atoms. The molecular weight excluding hydrogens is 312 g/mol. The smallest absolute Gasteiger partial charge is 0.332 e. The van der Waals surface area contributed by atoms with Crippen molar-refractivity contribution < 1.29 is 9.66 Å². The van der Waals surface area contributed by atoms with Gasteiger partial charge in [0.25, 0.3) is 5.88 Å². The Balaban J connectivity index is 2.16. The van der Waals surface area contributed by atoms with Gasteiger partial charge >= 0.3 is 5.69 Å². The second-order valence-electron chi connectivity index (χ2n) is 5.39. The summed E-state index contributed by atoms with van der Waals surface area (Å²) in [5, 5.41) is 11.0. The first-order valence-corrected chi connectivity index (χ1v) is 7.21. The third-order valence-electron chi connectivity index (χ3n) is 3.41. The van der Waals surface area contributed by atoms with Gasteiger partial charge in [-0.15, -0.1) is 0 Å². The number of aromatic nitrogens is 1. The first-order chi connectivity index (χ1) is 8.95. The highest BCUT2D eigenvalue weighted by Gasteiger charge is 2.28. The first-order valence-electron chi connectivity index (χ1n) is 6.42. The zero-order chi connectivity index (χ0) is 14.0. The average molecular weight is 329 g/mol. The highest BCUT2D eigenvalue weighted by atomic mass is 79.9. The predicted octanol–water partition coefficient (Wildman–Crippen LogP) is 3.96. The van der Waals surface area contributed by atoms with Gasteiger partial charge in [0.05, 0.1) is 4.92 Å². The lowest BCUT2D eigenvalue weighted by molar-refractivity contribution is -0.386. The van der Waals surface area contributed by atoms with Crippen LogP contribution in [0.2, 0.25) is 0 Å². The number of halogens is 1. The lowest BCUT2D eigenvalue weighted by Gasteiger charge is -2.31. The van der Waals surface area contributed by atoms with Crippen LogP contribution in [0.4, 0.5) is 5.69 Å². The Morgan fingerprint density at radius 1 is 1.37 bits per heavy atom. The summed E-state index contributed by atoms with van der Waals surface area (Å²) in [4.78, 5) is 14.6. The molecule has 0 bridgehead atoms. The van der Waals surface area contributed by atoms with Crippen molar-refractivity contribution in [3.8, 4) is 5.88 Å². The molecule has 19 heavy (non-hydrogen) atoms. The molecule has 1 saturated carbocycles. The predicted molar refractivity (Wildman–Crippen MR) is 75.2 cm³/mol. The zero-order valence-corrected chi connectivity index (χ0v) is 12.6. The number of hydrogen-bond donors (Lipinski definition) is 0. The summed E-state index contributed by atoms with van der Waals surface area (Å²) in [6.07, 6.45) is 4.60. The van der Waals surface area contributed by atoms with Crippen LogP contribution < -0.4 is 4.74 Å². The highest BCUT2D eigenvalue weighted by Crippen LogP contribution is 2.34. The molecule has 0 saturated heterocycles. The molecule has 5 nitrogen and oxygen atoms in total. The van der Waals surface area contributed by atoms with Crippen LogP contribution in [-0.4, -0.2) is 16.0 Å². The van der Waals surface area contributed by atoms with Crippen molar-refractivity contribution in [2.45, 2.75) is 39.2 Å². The maximum absolute atomic E-state index is 11.0. The topological polar surface area (TPSA) is 65.3 Å². The summed E-state index contributed by atoms with van der Waals surface area (Å²) in [5.41, 5.74) is -0.0831. The largest absolute Gasteiger partial charge is 0.469 e. The van der Waals surface area contributed by atoms with E-state index in [1.807, 2.05) is 0 Å². The summed E-state index contributed by atoms with van der Waals surface area (Å²) in [7, 11) is 0. The van der Waals surface area contributed by atoms with Gasteiger partial charge in [0.2, 0.25) is 0 Å². The molecule has 1 aliphatic rings. The van der Waals surface area contributed by atoms with Crippen LogP contribution in [0.3, 0.4) is 0 Å². The van der Waals surface area contributed by atoms with E-state index in [2.05, 4.69) is 34.8 Å². The summed E-state index contributed by atoms with van der Waals surface area (Å²) in [6.45, 7) is 4.38. The van der Waals surface area contributed by atoms with Crippen LogP contribution in [0.25, 0.3) is 0 Å². The summed E-state index contributed by atoms with van der Waals surface area (Å²) < 4.78 is 6.35. The van der Waals surface area contributed by atoms with E-state index < -0.39 is 4.92 Å². The maximum Gasteiger partial charge on any atom is 0.332 e. The Bertz CT molecular complexity index is 471. The fourth-order valence-electron chi connectivity index (χ4n) is 2.76. The molecule has 6 heteroatoms. The zero-order valence-electron chi connectivity index (χ0n) is 11.0. The maximum atomic E-state index is 11.0. The number of hydrogen-bond acceptors (Lipinski definition) is 4. The quantitative estimate of drug-likeness (QED) is 0.622. The van der Waals surface area contributed by atoms with E-state index >= 15 is 0 Å². The number of pyridine rings is 1. The molecule has 0 aliphatic heterocycles. The molecule has 2 rings (SSSR count). The fourth-order valence-corrected chi connectivity index (χ4v) is 3.08. The number of rotatable bonds is 3. The number of nitrogens with zero attached hydrogens (tertiary/aromatic N) is 2. The molecular formula is C13H17BrN2O3. The molecule has 1 aliphatic carbocycles. The van der Waals surface area contributed by atoms with Gasteiger partial charge in [-0.25, -0.2) is 4.98 Å². The Morgan fingerprint density at radius 3 is 2.58 bits per heavy atom. The molecule has 1 aromatic rings. The van der Waals surface area contributed by atoms with E-state index in [1.165, 1.54) is 18.7 Å². The molecule has 104 valence electrons. The molecule has 0 radical (unpaired) electrons. The Kier molecular flexibility index (Phi) is 4.39. The molecule has 1 aromatic heterocycles. The standard InChI is InChI=1S/C13H17BrN2O3/c1-8-3-9(2)5-11(4-8)19-13-12(16(17)18)6-10(14)7-15-13/h6-9,11H,3-5H2,1-2H3. The van der Waals surface area contributed by atoms with E-state index in [9.17, 15) is 10.1 Å². The van der Waals surface area contributed by atoms with Crippen LogP contribution in [0.5, 0.6) is 5.88 Å². The highest BCUT2D eigenvalue weighted by molar-refractivity contribution is 9.10. The second-order valence-corrected chi connectivity index (χ2v) is 6.31. The van der Waals surface area contributed by atoms with Crippen molar-refractivity contribution in [1.82, 2.24) is 4.98 Å². The Labute approximate surface area is 120 Å². The van der Waals surface area contributed by atoms with Crippen molar-refractivity contribution >= 4 is 21.6 Å². The van der Waals surface area contributed by atoms with Gasteiger partial charge in [-0.3, -0.25) is 10.1 Å². The third-order valence-corrected chi connectivity index (χ3v) is 3.84. The summed E-state index contributed by atoms with van der Waals surface area (Å²) >= 11 is 3.19. The number of nitro groups is 1. The molecule has 0 aromatic carbocycles. The van der Waals surface area contributed by atoms with E-state index in [1.54, 1.807) is 0 Å². The molecule has 1 heterocycles. The van der Waals surface area contributed by atoms with Crippen LogP contribution in [0.1, 0.15) is 33.1 Å². The van der Waals surface area contributed by atoms with Crippen molar-refractivity contribution in [2.24, 2.45) is 11.8 Å². The normalized spacial score (nSPS) is 27.0. The lowest BCUT2D eigenvalue weighted by Crippen LogP contribution is -2.29. The molecule has 0 N–H and O–H groups in total. The third kappa shape index (κ3) is 3.65. The van der Waals surface area contributed by atoms with Crippen molar-refractivity contribution in [1.29, 1.82) is 0 Å². The van der Waals surface area contributed by atoms with E-state index in [0.717, 1.165) is 12.8 Å². The Morgan fingerprint density at radius 2 is 2.00 bits per heavy atom. The minimum absolute atomic E-state index is 0.0196. The second kappa shape index (κ2) is 5.86. The average Bonchev–Trinajstić information content (AvgIpc) is 2.30. The SMILES string of the molecule is CC1CC(C)CC(Oc2ncc(Br)cc2[N+](=O)[O-])C1. The van der Waals surface area contributed by atoms with Gasteiger partial charge in [0.15, 0.2) is 0 Å². The van der Waals surface area contributed by atoms with Gasteiger partial charge in [-0.1, -0.05) is 13.8 Å².